The number of piperidine rings is 1. The molecule has 6 rings (SSSR count). The van der Waals surface area contributed by atoms with Gasteiger partial charge in [-0.15, -0.1) is 0 Å². The lowest BCUT2D eigenvalue weighted by Crippen LogP contribution is -2.50. The molecule has 3 amide bonds. The summed E-state index contributed by atoms with van der Waals surface area (Å²) in [5.74, 6) is -1.69. The zero-order valence-electron chi connectivity index (χ0n) is 33.2. The number of aromatic nitrogens is 4. The van der Waals surface area contributed by atoms with E-state index in [1.165, 1.54) is 4.57 Å². The molecule has 1 atom stereocenters. The second-order valence-electron chi connectivity index (χ2n) is 14.9. The highest BCUT2D eigenvalue weighted by Gasteiger charge is 2.29. The molecule has 1 aliphatic rings. The number of fused-ring (bicyclic) bond motifs is 2. The number of aryl methyl sites for hydroxylation is 2. The molecule has 0 bridgehead atoms. The van der Waals surface area contributed by atoms with E-state index in [-0.39, 0.29) is 43.7 Å². The SMILES string of the molecule is CC(C)(C)OC(=O)n1c(CCC(=O)O)nc2ccccc21.O=C(N[C@@H](CNC(=O)C1CCN(C(=O)CCc2nc3ccccc3[nH]2)CC1)C(=O)O)OCc1ccccc1. The van der Waals surface area contributed by atoms with Gasteiger partial charge >= 0.3 is 24.1 Å². The Hall–Kier alpha value is -6.78. The van der Waals surface area contributed by atoms with Gasteiger partial charge in [0.2, 0.25) is 11.8 Å². The van der Waals surface area contributed by atoms with Gasteiger partial charge in [0.1, 0.15) is 29.9 Å². The maximum Gasteiger partial charge on any atom is 0.420 e. The fourth-order valence-electron chi connectivity index (χ4n) is 6.33. The van der Waals surface area contributed by atoms with Crippen LogP contribution in [0.3, 0.4) is 0 Å². The van der Waals surface area contributed by atoms with E-state index in [0.717, 1.165) is 22.4 Å². The summed E-state index contributed by atoms with van der Waals surface area (Å²) in [5, 5.41) is 23.1. The molecule has 0 spiro atoms. The van der Waals surface area contributed by atoms with E-state index in [1.54, 1.807) is 68.1 Å². The van der Waals surface area contributed by atoms with Gasteiger partial charge in [-0.1, -0.05) is 54.6 Å². The molecular weight excluding hydrogens is 763 g/mol. The van der Waals surface area contributed by atoms with E-state index in [0.29, 0.717) is 55.6 Å². The smallest absolute Gasteiger partial charge is 0.420 e. The Morgan fingerprint density at radius 2 is 1.51 bits per heavy atom. The number of aromatic amines is 1. The molecule has 312 valence electrons. The summed E-state index contributed by atoms with van der Waals surface area (Å²) in [6.07, 6.45) is 0.435. The number of benzene rings is 3. The van der Waals surface area contributed by atoms with Crippen molar-refractivity contribution in [3.63, 3.8) is 0 Å². The normalized spacial score (nSPS) is 13.5. The molecule has 1 fully saturated rings. The topological polar surface area (TPSA) is 235 Å². The second kappa shape index (κ2) is 20.1. The number of likely N-dealkylation sites (tertiary alicyclic amines) is 1. The van der Waals surface area contributed by atoms with Crippen molar-refractivity contribution in [1.82, 2.24) is 35.1 Å². The number of H-pyrrole nitrogens is 1. The van der Waals surface area contributed by atoms with E-state index in [1.807, 2.05) is 36.4 Å². The van der Waals surface area contributed by atoms with Crippen LogP contribution in [0.5, 0.6) is 0 Å². The number of amides is 3. The average Bonchev–Trinajstić information content (AvgIpc) is 3.81. The fourth-order valence-corrected chi connectivity index (χ4v) is 6.33. The van der Waals surface area contributed by atoms with Crippen molar-refractivity contribution in [3.05, 3.63) is 96.1 Å². The number of aliphatic carboxylic acids is 2. The first-order chi connectivity index (χ1) is 28.2. The van der Waals surface area contributed by atoms with Crippen LogP contribution in [0.25, 0.3) is 22.1 Å². The van der Waals surface area contributed by atoms with Crippen molar-refractivity contribution in [2.24, 2.45) is 5.92 Å². The fraction of sp³-hybridized carbons (Fsp3) is 0.381. The van der Waals surface area contributed by atoms with Crippen LogP contribution in [0.1, 0.15) is 63.7 Å². The monoisotopic (exact) mass is 811 g/mol. The Labute approximate surface area is 340 Å². The number of para-hydroxylation sites is 4. The molecule has 3 heterocycles. The summed E-state index contributed by atoms with van der Waals surface area (Å²) in [5.41, 5.74) is 3.20. The minimum Gasteiger partial charge on any atom is -0.481 e. The van der Waals surface area contributed by atoms with E-state index in [9.17, 15) is 33.9 Å². The van der Waals surface area contributed by atoms with Gasteiger partial charge in [-0.25, -0.2) is 28.9 Å². The number of alkyl carbamates (subject to hydrolysis) is 1. The number of imidazole rings is 2. The summed E-state index contributed by atoms with van der Waals surface area (Å²) >= 11 is 0. The van der Waals surface area contributed by atoms with Gasteiger partial charge < -0.3 is 40.2 Å². The predicted molar refractivity (Wildman–Crippen MR) is 215 cm³/mol. The van der Waals surface area contributed by atoms with E-state index in [2.05, 4.69) is 25.6 Å². The maximum absolute atomic E-state index is 12.7. The van der Waals surface area contributed by atoms with Crippen LogP contribution < -0.4 is 10.6 Å². The molecule has 17 nitrogen and oxygen atoms in total. The van der Waals surface area contributed by atoms with Crippen molar-refractivity contribution >= 4 is 58.0 Å². The van der Waals surface area contributed by atoms with Gasteiger partial charge in [-0.3, -0.25) is 14.4 Å². The maximum atomic E-state index is 12.7. The zero-order chi connectivity index (χ0) is 42.5. The van der Waals surface area contributed by atoms with Crippen LogP contribution in [0.4, 0.5) is 9.59 Å². The summed E-state index contributed by atoms with van der Waals surface area (Å²) in [6, 6.07) is 22.5. The molecule has 17 heteroatoms. The van der Waals surface area contributed by atoms with Gasteiger partial charge in [-0.2, -0.15) is 0 Å². The van der Waals surface area contributed by atoms with Crippen molar-refractivity contribution in [1.29, 1.82) is 0 Å². The van der Waals surface area contributed by atoms with Crippen molar-refractivity contribution in [2.45, 2.75) is 77.5 Å². The summed E-state index contributed by atoms with van der Waals surface area (Å²) < 4.78 is 11.8. The standard InChI is InChI=1S/C27H31N5O6.C15H18N2O4/c33-24(11-10-23-29-20-8-4-5-9-21(20)30-23)32-14-12-19(13-15-32)25(34)28-16-22(26(35)36)31-27(37)38-17-18-6-2-1-3-7-18;1-15(2,3)21-14(20)17-11-7-5-4-6-10(11)16-12(17)8-9-13(18)19/h1-9,19,22H,10-17H2,(H,28,34)(H,29,30)(H,31,37)(H,35,36);4-7H,8-9H2,1-3H3,(H,18,19)/t22-;/m0./s1. The Kier molecular flexibility index (Phi) is 14.7. The molecule has 0 saturated carbocycles. The number of nitrogens with one attached hydrogen (secondary N) is 3. The number of carboxylic acid groups (broad SMARTS) is 2. The van der Waals surface area contributed by atoms with Gasteiger partial charge in [-0.05, 0) is 63.4 Å². The first-order valence-electron chi connectivity index (χ1n) is 19.3. The number of hydrogen-bond acceptors (Lipinski definition) is 10. The van der Waals surface area contributed by atoms with Gasteiger partial charge in [0, 0.05) is 44.8 Å². The minimum atomic E-state index is -1.33. The molecule has 59 heavy (non-hydrogen) atoms. The lowest BCUT2D eigenvalue weighted by atomic mass is 9.95. The van der Waals surface area contributed by atoms with Crippen LogP contribution in [-0.2, 0) is 48.1 Å². The van der Waals surface area contributed by atoms with E-state index < -0.39 is 35.8 Å². The molecule has 5 N–H and O–H groups in total. The summed E-state index contributed by atoms with van der Waals surface area (Å²) in [4.78, 5) is 85.8. The highest BCUT2D eigenvalue weighted by atomic mass is 16.6. The third-order valence-corrected chi connectivity index (χ3v) is 9.28. The zero-order valence-corrected chi connectivity index (χ0v) is 33.2. The molecule has 2 aromatic heterocycles. The number of carboxylic acids is 2. The van der Waals surface area contributed by atoms with Gasteiger partial charge in [0.15, 0.2) is 0 Å². The lowest BCUT2D eigenvalue weighted by Gasteiger charge is -2.31. The Balaban J connectivity index is 0.000000266. The number of rotatable bonds is 13. The molecule has 0 aliphatic carbocycles. The summed E-state index contributed by atoms with van der Waals surface area (Å²) in [6.45, 7) is 5.96. The third-order valence-electron chi connectivity index (χ3n) is 9.28. The number of nitrogens with zero attached hydrogens (tertiary/aromatic N) is 4. The van der Waals surface area contributed by atoms with Crippen molar-refractivity contribution in [3.8, 4) is 0 Å². The van der Waals surface area contributed by atoms with Crippen molar-refractivity contribution in [2.75, 3.05) is 19.6 Å². The highest BCUT2D eigenvalue weighted by Crippen LogP contribution is 2.21. The second-order valence-corrected chi connectivity index (χ2v) is 14.9. The molecule has 1 saturated heterocycles. The molecule has 5 aromatic rings. The minimum absolute atomic E-state index is 0.000933. The average molecular weight is 812 g/mol. The lowest BCUT2D eigenvalue weighted by molar-refractivity contribution is -0.140. The molecule has 3 aromatic carbocycles. The first kappa shape index (κ1) is 43.3. The molecule has 0 radical (unpaired) electrons. The molecular formula is C42H49N7O10. The quantitative estimate of drug-likeness (QED) is 0.105. The number of carbonyl (C=O) groups excluding carboxylic acids is 4. The van der Waals surface area contributed by atoms with E-state index in [4.69, 9.17) is 14.6 Å². The molecule has 1 aliphatic heterocycles. The van der Waals surface area contributed by atoms with Crippen molar-refractivity contribution < 1.29 is 48.5 Å². The highest BCUT2D eigenvalue weighted by molar-refractivity contribution is 5.88. The van der Waals surface area contributed by atoms with Crippen LogP contribution in [0, 0.1) is 5.92 Å². The molecule has 0 unspecified atom stereocenters. The first-order valence-corrected chi connectivity index (χ1v) is 19.3. The van der Waals surface area contributed by atoms with Gasteiger partial charge in [0.05, 0.1) is 28.5 Å². The van der Waals surface area contributed by atoms with Crippen LogP contribution in [-0.4, -0.2) is 102 Å². The van der Waals surface area contributed by atoms with E-state index >= 15 is 0 Å². The largest absolute Gasteiger partial charge is 0.481 e. The predicted octanol–water partition coefficient (Wildman–Crippen LogP) is 5.07. The van der Waals surface area contributed by atoms with Gasteiger partial charge in [0.25, 0.3) is 0 Å². The number of hydrogen-bond donors (Lipinski definition) is 5. The Morgan fingerprint density at radius 1 is 0.847 bits per heavy atom. The van der Waals surface area contributed by atoms with Crippen LogP contribution in [0.2, 0.25) is 0 Å². The third kappa shape index (κ3) is 12.9. The Morgan fingerprint density at radius 3 is 2.17 bits per heavy atom. The number of carbonyl (C=O) groups is 6. The number of ether oxygens (including phenoxy) is 2. The van der Waals surface area contributed by atoms with Crippen LogP contribution >= 0.6 is 0 Å². The van der Waals surface area contributed by atoms with Crippen LogP contribution in [0.15, 0.2) is 78.9 Å². The Bertz CT molecular complexity index is 2220. The summed E-state index contributed by atoms with van der Waals surface area (Å²) in [7, 11) is 0.